The van der Waals surface area contributed by atoms with Crippen molar-refractivity contribution < 1.29 is 18.7 Å². The molecular weight excluding hydrogens is 290 g/mol. The van der Waals surface area contributed by atoms with Crippen molar-refractivity contribution in [3.63, 3.8) is 0 Å². The quantitative estimate of drug-likeness (QED) is 0.679. The van der Waals surface area contributed by atoms with Crippen LogP contribution in [0.1, 0.15) is 12.7 Å². The largest absolute Gasteiger partial charge is 0.467 e. The summed E-state index contributed by atoms with van der Waals surface area (Å²) in [5.74, 6) is -0.347. The molecule has 0 spiro atoms. The minimum Gasteiger partial charge on any atom is -0.467 e. The topological polar surface area (TPSA) is 68.5 Å². The summed E-state index contributed by atoms with van der Waals surface area (Å²) in [5.41, 5.74) is 0. The number of carbonyl (C=O) groups excluding carboxylic acids is 2. The molecule has 92 valence electrons. The standard InChI is InChI=1S/C11H12BrNO4/c1-7(11(15)16-2)13-10(14)6-4-8-3-5-9(12)17-8/h3-7H,1-2H3,(H,13,14). The van der Waals surface area contributed by atoms with Crippen molar-refractivity contribution in [2.75, 3.05) is 7.11 Å². The fourth-order valence-electron chi connectivity index (χ4n) is 1.07. The molecule has 0 aliphatic carbocycles. The third kappa shape index (κ3) is 4.44. The fraction of sp³-hybridized carbons (Fsp3) is 0.273. The molecule has 1 atom stereocenters. The maximum absolute atomic E-state index is 11.4. The Morgan fingerprint density at radius 1 is 1.53 bits per heavy atom. The Morgan fingerprint density at radius 2 is 2.24 bits per heavy atom. The van der Waals surface area contributed by atoms with E-state index >= 15 is 0 Å². The van der Waals surface area contributed by atoms with Crippen LogP contribution in [-0.2, 0) is 14.3 Å². The minimum atomic E-state index is -0.680. The van der Waals surface area contributed by atoms with E-state index < -0.39 is 17.9 Å². The zero-order chi connectivity index (χ0) is 12.8. The third-order valence-corrected chi connectivity index (χ3v) is 2.33. The van der Waals surface area contributed by atoms with Gasteiger partial charge in [0.15, 0.2) is 4.67 Å². The van der Waals surface area contributed by atoms with Gasteiger partial charge in [0, 0.05) is 6.08 Å². The van der Waals surface area contributed by atoms with E-state index in [4.69, 9.17) is 4.42 Å². The monoisotopic (exact) mass is 301 g/mol. The molecule has 6 heteroatoms. The Labute approximate surface area is 107 Å². The minimum absolute atomic E-state index is 0.393. The van der Waals surface area contributed by atoms with Crippen molar-refractivity contribution in [3.8, 4) is 0 Å². The number of esters is 1. The lowest BCUT2D eigenvalue weighted by Crippen LogP contribution is -2.38. The van der Waals surface area contributed by atoms with Crippen LogP contribution in [-0.4, -0.2) is 25.0 Å². The first-order valence-electron chi connectivity index (χ1n) is 4.84. The van der Waals surface area contributed by atoms with Gasteiger partial charge in [-0.1, -0.05) is 0 Å². The Kier molecular flexibility index (Phi) is 4.96. The number of amides is 1. The highest BCUT2D eigenvalue weighted by Gasteiger charge is 2.13. The molecule has 1 aromatic rings. The second-order valence-electron chi connectivity index (χ2n) is 3.23. The van der Waals surface area contributed by atoms with Crippen LogP contribution < -0.4 is 5.32 Å². The van der Waals surface area contributed by atoms with Crippen LogP contribution in [0.25, 0.3) is 6.08 Å². The highest BCUT2D eigenvalue weighted by atomic mass is 79.9. The zero-order valence-electron chi connectivity index (χ0n) is 9.40. The van der Waals surface area contributed by atoms with Crippen LogP contribution in [0.3, 0.4) is 0 Å². The summed E-state index contributed by atoms with van der Waals surface area (Å²) in [6, 6.07) is 2.74. The summed E-state index contributed by atoms with van der Waals surface area (Å²) in [5, 5.41) is 2.45. The Morgan fingerprint density at radius 3 is 2.76 bits per heavy atom. The average molecular weight is 302 g/mol. The molecule has 0 aromatic carbocycles. The molecule has 0 aliphatic heterocycles. The summed E-state index contributed by atoms with van der Waals surface area (Å²) in [6.45, 7) is 1.54. The van der Waals surface area contributed by atoms with Crippen molar-refractivity contribution in [1.82, 2.24) is 5.32 Å². The number of nitrogens with one attached hydrogen (secondary N) is 1. The number of furan rings is 1. The van der Waals surface area contributed by atoms with Crippen molar-refractivity contribution in [2.24, 2.45) is 0 Å². The van der Waals surface area contributed by atoms with Crippen LogP contribution in [0.15, 0.2) is 27.3 Å². The first-order chi connectivity index (χ1) is 8.02. The molecule has 1 unspecified atom stereocenters. The highest BCUT2D eigenvalue weighted by molar-refractivity contribution is 9.10. The molecule has 0 saturated carbocycles. The van der Waals surface area contributed by atoms with Crippen molar-refractivity contribution in [1.29, 1.82) is 0 Å². The van der Waals surface area contributed by atoms with Gasteiger partial charge in [-0.3, -0.25) is 4.79 Å². The van der Waals surface area contributed by atoms with Crippen molar-refractivity contribution >= 4 is 33.9 Å². The molecule has 0 radical (unpaired) electrons. The summed E-state index contributed by atoms with van der Waals surface area (Å²) < 4.78 is 10.2. The van der Waals surface area contributed by atoms with E-state index in [1.165, 1.54) is 19.3 Å². The van der Waals surface area contributed by atoms with E-state index in [2.05, 4.69) is 26.0 Å². The highest BCUT2D eigenvalue weighted by Crippen LogP contribution is 2.14. The van der Waals surface area contributed by atoms with Gasteiger partial charge >= 0.3 is 5.97 Å². The summed E-state index contributed by atoms with van der Waals surface area (Å²) in [6.07, 6.45) is 2.79. The summed E-state index contributed by atoms with van der Waals surface area (Å²) in [4.78, 5) is 22.4. The van der Waals surface area contributed by atoms with Gasteiger partial charge in [-0.25, -0.2) is 4.79 Å². The SMILES string of the molecule is COC(=O)C(C)NC(=O)C=Cc1ccc(Br)o1. The maximum atomic E-state index is 11.4. The predicted molar refractivity (Wildman–Crippen MR) is 65.1 cm³/mol. The van der Waals surface area contributed by atoms with Gasteiger partial charge in [0.1, 0.15) is 11.8 Å². The Balaban J connectivity index is 2.50. The second-order valence-corrected chi connectivity index (χ2v) is 4.01. The number of ether oxygens (including phenoxy) is 1. The van der Waals surface area contributed by atoms with Crippen LogP contribution in [0, 0.1) is 0 Å². The first-order valence-corrected chi connectivity index (χ1v) is 5.64. The van der Waals surface area contributed by atoms with Crippen molar-refractivity contribution in [2.45, 2.75) is 13.0 Å². The molecule has 1 N–H and O–H groups in total. The van der Waals surface area contributed by atoms with Crippen LogP contribution >= 0.6 is 15.9 Å². The van der Waals surface area contributed by atoms with Crippen LogP contribution in [0.4, 0.5) is 0 Å². The number of halogens is 1. The molecule has 1 rings (SSSR count). The fourth-order valence-corrected chi connectivity index (χ4v) is 1.39. The van der Waals surface area contributed by atoms with Crippen LogP contribution in [0.5, 0.6) is 0 Å². The third-order valence-electron chi connectivity index (χ3n) is 1.91. The molecule has 0 fully saturated rings. The molecule has 0 bridgehead atoms. The van der Waals surface area contributed by atoms with E-state index in [9.17, 15) is 9.59 Å². The molecule has 0 saturated heterocycles. The van der Waals surface area contributed by atoms with E-state index in [0.29, 0.717) is 10.4 Å². The molecule has 17 heavy (non-hydrogen) atoms. The van der Waals surface area contributed by atoms with Gasteiger partial charge in [-0.05, 0) is 41.1 Å². The molecule has 1 amide bonds. The summed E-state index contributed by atoms with van der Waals surface area (Å²) in [7, 11) is 1.27. The zero-order valence-corrected chi connectivity index (χ0v) is 11.0. The smallest absolute Gasteiger partial charge is 0.328 e. The molecule has 5 nitrogen and oxygen atoms in total. The Bertz CT molecular complexity index is 438. The molecular formula is C11H12BrNO4. The van der Waals surface area contributed by atoms with E-state index in [1.807, 2.05) is 0 Å². The normalized spacial score (nSPS) is 12.4. The van der Waals surface area contributed by atoms with Gasteiger partial charge in [0.2, 0.25) is 5.91 Å². The average Bonchev–Trinajstić information content (AvgIpc) is 2.71. The molecule has 1 heterocycles. The molecule has 1 aromatic heterocycles. The number of carbonyl (C=O) groups is 2. The second kappa shape index (κ2) is 6.24. The maximum Gasteiger partial charge on any atom is 0.328 e. The van der Waals surface area contributed by atoms with Gasteiger partial charge in [0.25, 0.3) is 0 Å². The molecule has 0 aliphatic rings. The lowest BCUT2D eigenvalue weighted by atomic mass is 10.3. The lowest BCUT2D eigenvalue weighted by molar-refractivity contribution is -0.144. The van der Waals surface area contributed by atoms with E-state index in [1.54, 1.807) is 19.1 Å². The lowest BCUT2D eigenvalue weighted by Gasteiger charge is -2.08. The van der Waals surface area contributed by atoms with Gasteiger partial charge in [0.05, 0.1) is 7.11 Å². The Hall–Kier alpha value is -1.56. The van der Waals surface area contributed by atoms with Gasteiger partial charge in [-0.15, -0.1) is 0 Å². The van der Waals surface area contributed by atoms with Crippen molar-refractivity contribution in [3.05, 3.63) is 28.6 Å². The van der Waals surface area contributed by atoms with E-state index in [-0.39, 0.29) is 0 Å². The van der Waals surface area contributed by atoms with Gasteiger partial charge in [-0.2, -0.15) is 0 Å². The summed E-state index contributed by atoms with van der Waals surface area (Å²) >= 11 is 3.15. The first kappa shape index (κ1) is 13.5. The number of methoxy groups -OCH3 is 1. The number of hydrogen-bond donors (Lipinski definition) is 1. The van der Waals surface area contributed by atoms with Crippen LogP contribution in [0.2, 0.25) is 0 Å². The van der Waals surface area contributed by atoms with Gasteiger partial charge < -0.3 is 14.5 Å². The number of hydrogen-bond acceptors (Lipinski definition) is 4. The van der Waals surface area contributed by atoms with E-state index in [0.717, 1.165) is 0 Å². The predicted octanol–water partition coefficient (Wildman–Crippen LogP) is 1.73. The number of rotatable bonds is 4.